The molecule has 0 aliphatic carbocycles. The number of rotatable bonds is 7. The predicted molar refractivity (Wildman–Crippen MR) is 113 cm³/mol. The highest BCUT2D eigenvalue weighted by Gasteiger charge is 2.27. The molecule has 1 aliphatic rings. The molecule has 1 aromatic heterocycles. The summed E-state index contributed by atoms with van der Waals surface area (Å²) in [5, 5.41) is 10.0. The number of nitrogens with one attached hydrogen (secondary N) is 2. The molecule has 9 heteroatoms. The highest BCUT2D eigenvalue weighted by molar-refractivity contribution is 5.99. The molecule has 160 valence electrons. The van der Waals surface area contributed by atoms with Gasteiger partial charge in [-0.25, -0.2) is 4.79 Å². The van der Waals surface area contributed by atoms with Crippen molar-refractivity contribution in [1.82, 2.24) is 24.9 Å². The van der Waals surface area contributed by atoms with E-state index < -0.39 is 0 Å². The molecule has 1 aromatic carbocycles. The third-order valence-corrected chi connectivity index (χ3v) is 5.34. The van der Waals surface area contributed by atoms with Crippen LogP contribution < -0.4 is 10.6 Å². The van der Waals surface area contributed by atoms with Gasteiger partial charge in [0.25, 0.3) is 5.91 Å². The third kappa shape index (κ3) is 4.61. The average molecular weight is 412 g/mol. The topological polar surface area (TPSA) is 99.6 Å². The molecule has 1 atom stereocenters. The van der Waals surface area contributed by atoms with E-state index in [0.717, 1.165) is 17.7 Å². The van der Waals surface area contributed by atoms with E-state index in [9.17, 15) is 14.4 Å². The van der Waals surface area contributed by atoms with Crippen LogP contribution in [0.1, 0.15) is 41.0 Å². The number of anilines is 1. The lowest BCUT2D eigenvalue weighted by molar-refractivity contribution is -0.116. The first-order chi connectivity index (χ1) is 14.3. The van der Waals surface area contributed by atoms with E-state index in [1.165, 1.54) is 4.90 Å². The van der Waals surface area contributed by atoms with Gasteiger partial charge in [-0.1, -0.05) is 13.0 Å². The van der Waals surface area contributed by atoms with Crippen LogP contribution in [0.15, 0.2) is 30.5 Å². The molecule has 1 fully saturated rings. The van der Waals surface area contributed by atoms with Gasteiger partial charge in [-0.15, -0.1) is 0 Å². The van der Waals surface area contributed by atoms with Crippen molar-refractivity contribution >= 4 is 23.5 Å². The summed E-state index contributed by atoms with van der Waals surface area (Å²) in [7, 11) is 3.55. The summed E-state index contributed by atoms with van der Waals surface area (Å²) in [6, 6.07) is 6.75. The van der Waals surface area contributed by atoms with E-state index >= 15 is 0 Å². The number of aromatic nitrogens is 2. The molecular formula is C21H28N6O3. The van der Waals surface area contributed by atoms with Crippen LogP contribution in [0.3, 0.4) is 0 Å². The zero-order chi connectivity index (χ0) is 21.8. The quantitative estimate of drug-likeness (QED) is 0.726. The number of aryl methyl sites for hydroxylation is 2. The minimum Gasteiger partial charge on any atom is -0.344 e. The number of likely N-dealkylation sites (N-methyl/N-ethyl adjacent to an activating group) is 1. The van der Waals surface area contributed by atoms with Crippen molar-refractivity contribution in [2.45, 2.75) is 26.3 Å². The Labute approximate surface area is 176 Å². The monoisotopic (exact) mass is 412 g/mol. The van der Waals surface area contributed by atoms with Crippen molar-refractivity contribution in [2.24, 2.45) is 7.05 Å². The van der Waals surface area contributed by atoms with Crippen molar-refractivity contribution in [2.75, 3.05) is 32.0 Å². The molecule has 0 spiro atoms. The molecule has 0 saturated carbocycles. The molecule has 4 amide bonds. The number of benzene rings is 1. The summed E-state index contributed by atoms with van der Waals surface area (Å²) in [6.45, 7) is 4.97. The van der Waals surface area contributed by atoms with Crippen LogP contribution in [-0.4, -0.2) is 64.1 Å². The normalized spacial score (nSPS) is 14.7. The molecule has 1 saturated heterocycles. The van der Waals surface area contributed by atoms with Gasteiger partial charge in [-0.3, -0.25) is 14.3 Å². The van der Waals surface area contributed by atoms with Gasteiger partial charge in [0, 0.05) is 44.6 Å². The Hall–Kier alpha value is -3.36. The smallest absolute Gasteiger partial charge is 0.320 e. The van der Waals surface area contributed by atoms with E-state index in [2.05, 4.69) is 15.7 Å². The molecule has 0 radical (unpaired) electrons. The van der Waals surface area contributed by atoms with Crippen LogP contribution in [0.4, 0.5) is 10.5 Å². The zero-order valence-corrected chi connectivity index (χ0v) is 17.8. The fraction of sp³-hybridized carbons (Fsp3) is 0.429. The van der Waals surface area contributed by atoms with Crippen molar-refractivity contribution in [3.05, 3.63) is 47.3 Å². The largest absolute Gasteiger partial charge is 0.344 e. The zero-order valence-electron chi connectivity index (χ0n) is 17.8. The van der Waals surface area contributed by atoms with E-state index in [0.29, 0.717) is 24.3 Å². The number of hydrogen-bond acceptors (Lipinski definition) is 4. The Morgan fingerprint density at radius 1 is 1.20 bits per heavy atom. The summed E-state index contributed by atoms with van der Waals surface area (Å²) in [4.78, 5) is 40.3. The van der Waals surface area contributed by atoms with Gasteiger partial charge in [0.05, 0.1) is 11.7 Å². The van der Waals surface area contributed by atoms with Crippen LogP contribution in [0.5, 0.6) is 0 Å². The number of carbonyl (C=O) groups excluding carboxylic acids is 3. The van der Waals surface area contributed by atoms with Crippen molar-refractivity contribution in [3.63, 3.8) is 0 Å². The van der Waals surface area contributed by atoms with Gasteiger partial charge in [0.1, 0.15) is 6.54 Å². The lowest BCUT2D eigenvalue weighted by atomic mass is 10.1. The molecule has 1 aliphatic heterocycles. The Balaban J connectivity index is 1.68. The first-order valence-electron chi connectivity index (χ1n) is 9.99. The summed E-state index contributed by atoms with van der Waals surface area (Å²) in [5.41, 5.74) is 2.77. The number of carbonyl (C=O) groups is 3. The summed E-state index contributed by atoms with van der Waals surface area (Å²) < 4.78 is 1.74. The fourth-order valence-corrected chi connectivity index (χ4v) is 3.46. The minimum absolute atomic E-state index is 0.0164. The molecule has 1 unspecified atom stereocenters. The van der Waals surface area contributed by atoms with E-state index in [-0.39, 0.29) is 30.4 Å². The van der Waals surface area contributed by atoms with E-state index in [1.807, 2.05) is 27.0 Å². The predicted octanol–water partition coefficient (Wildman–Crippen LogP) is 1.92. The number of hydrogen-bond donors (Lipinski definition) is 2. The number of amides is 4. The summed E-state index contributed by atoms with van der Waals surface area (Å²) >= 11 is 0. The first kappa shape index (κ1) is 21.4. The number of urea groups is 1. The Bertz CT molecular complexity index is 954. The average Bonchev–Trinajstić information content (AvgIpc) is 3.28. The second kappa shape index (κ2) is 8.98. The van der Waals surface area contributed by atoms with Gasteiger partial charge in [-0.2, -0.15) is 5.10 Å². The molecule has 2 aromatic rings. The van der Waals surface area contributed by atoms with Crippen LogP contribution in [0.25, 0.3) is 0 Å². The SMILES string of the molecule is CCC(NC(=O)c1ccc(C)c(NC(=O)CN2CCN(C)C2=O)c1)c1ccnn1C. The molecular weight excluding hydrogens is 384 g/mol. The van der Waals surface area contributed by atoms with Crippen molar-refractivity contribution in [1.29, 1.82) is 0 Å². The first-order valence-corrected chi connectivity index (χ1v) is 9.99. The van der Waals surface area contributed by atoms with Gasteiger partial charge >= 0.3 is 6.03 Å². The van der Waals surface area contributed by atoms with Crippen LogP contribution >= 0.6 is 0 Å². The van der Waals surface area contributed by atoms with E-state index in [4.69, 9.17) is 0 Å². The maximum Gasteiger partial charge on any atom is 0.320 e. The van der Waals surface area contributed by atoms with Gasteiger partial charge in [0.15, 0.2) is 0 Å². The Morgan fingerprint density at radius 2 is 1.97 bits per heavy atom. The second-order valence-electron chi connectivity index (χ2n) is 7.52. The highest BCUT2D eigenvalue weighted by atomic mass is 16.2. The molecule has 3 rings (SSSR count). The highest BCUT2D eigenvalue weighted by Crippen LogP contribution is 2.20. The van der Waals surface area contributed by atoms with Crippen molar-refractivity contribution in [3.8, 4) is 0 Å². The van der Waals surface area contributed by atoms with Crippen LogP contribution in [0, 0.1) is 6.92 Å². The molecule has 9 nitrogen and oxygen atoms in total. The summed E-state index contributed by atoms with van der Waals surface area (Å²) in [6.07, 6.45) is 2.42. The maximum atomic E-state index is 12.8. The third-order valence-electron chi connectivity index (χ3n) is 5.34. The van der Waals surface area contributed by atoms with Crippen LogP contribution in [0.2, 0.25) is 0 Å². The van der Waals surface area contributed by atoms with Gasteiger partial charge in [0.2, 0.25) is 5.91 Å². The molecule has 30 heavy (non-hydrogen) atoms. The van der Waals surface area contributed by atoms with Gasteiger partial charge in [-0.05, 0) is 37.1 Å². The van der Waals surface area contributed by atoms with Crippen molar-refractivity contribution < 1.29 is 14.4 Å². The number of nitrogens with zero attached hydrogens (tertiary/aromatic N) is 4. The second-order valence-corrected chi connectivity index (χ2v) is 7.52. The lowest BCUT2D eigenvalue weighted by Gasteiger charge is -2.18. The van der Waals surface area contributed by atoms with Gasteiger partial charge < -0.3 is 20.4 Å². The maximum absolute atomic E-state index is 12.8. The summed E-state index contributed by atoms with van der Waals surface area (Å²) in [5.74, 6) is -0.518. The van der Waals surface area contributed by atoms with E-state index in [1.54, 1.807) is 41.0 Å². The minimum atomic E-state index is -0.291. The Kier molecular flexibility index (Phi) is 6.39. The van der Waals surface area contributed by atoms with Crippen LogP contribution in [-0.2, 0) is 11.8 Å². The molecule has 0 bridgehead atoms. The molecule has 2 N–H and O–H groups in total. The fourth-order valence-electron chi connectivity index (χ4n) is 3.46. The Morgan fingerprint density at radius 3 is 2.57 bits per heavy atom. The standard InChI is InChI=1S/C21H28N6O3/c1-5-16(18-8-9-22-26(18)4)24-20(29)15-7-6-14(2)17(12-15)23-19(28)13-27-11-10-25(3)21(27)30/h6-9,12,16H,5,10-11,13H2,1-4H3,(H,23,28)(H,24,29). The lowest BCUT2D eigenvalue weighted by Crippen LogP contribution is -2.36. The molecule has 2 heterocycles.